The average Bonchev–Trinajstić information content (AvgIpc) is 2.83. The molecule has 3 N–H and O–H groups in total. The van der Waals surface area contributed by atoms with Crippen molar-refractivity contribution in [1.29, 1.82) is 0 Å². The van der Waals surface area contributed by atoms with Crippen LogP contribution in [-0.4, -0.2) is 26.2 Å². The van der Waals surface area contributed by atoms with Crippen LogP contribution >= 0.6 is 11.6 Å². The largest absolute Gasteiger partial charge is 0.506 e. The standard InChI is InChI=1S/C12H13ClN4O2/c1-6(2)10-15-11(17-16-10)12(19)14-7-3-4-9(18)8(13)5-7/h3-6,18H,1-2H3,(H,14,19)(H,15,16,17). The summed E-state index contributed by atoms with van der Waals surface area (Å²) in [7, 11) is 0. The maximum Gasteiger partial charge on any atom is 0.295 e. The minimum absolute atomic E-state index is 0.0420. The van der Waals surface area contributed by atoms with Crippen LogP contribution in [0.1, 0.15) is 36.2 Å². The van der Waals surface area contributed by atoms with Crippen LogP contribution in [0.15, 0.2) is 18.2 Å². The monoisotopic (exact) mass is 280 g/mol. The van der Waals surface area contributed by atoms with Gasteiger partial charge < -0.3 is 10.4 Å². The van der Waals surface area contributed by atoms with Gasteiger partial charge in [-0.1, -0.05) is 25.4 Å². The van der Waals surface area contributed by atoms with Gasteiger partial charge in [-0.25, -0.2) is 4.98 Å². The lowest BCUT2D eigenvalue weighted by atomic mass is 10.2. The van der Waals surface area contributed by atoms with Crippen LogP contribution in [-0.2, 0) is 0 Å². The number of phenols is 1. The molecule has 2 aromatic rings. The molecule has 1 heterocycles. The molecule has 0 aliphatic rings. The summed E-state index contributed by atoms with van der Waals surface area (Å²) in [5.41, 5.74) is 0.462. The molecule has 19 heavy (non-hydrogen) atoms. The first-order chi connectivity index (χ1) is 8.97. The third-order valence-electron chi connectivity index (χ3n) is 2.46. The zero-order valence-corrected chi connectivity index (χ0v) is 11.2. The van der Waals surface area contributed by atoms with E-state index in [0.29, 0.717) is 11.5 Å². The maximum atomic E-state index is 11.9. The molecule has 0 unspecified atom stereocenters. The number of aromatic hydroxyl groups is 1. The van der Waals surface area contributed by atoms with E-state index in [4.69, 9.17) is 11.6 Å². The van der Waals surface area contributed by atoms with Gasteiger partial charge in [0, 0.05) is 11.6 Å². The Morgan fingerprint density at radius 1 is 1.47 bits per heavy atom. The lowest BCUT2D eigenvalue weighted by molar-refractivity contribution is 0.101. The summed E-state index contributed by atoms with van der Waals surface area (Å²) in [6, 6.07) is 4.38. The van der Waals surface area contributed by atoms with E-state index in [2.05, 4.69) is 20.5 Å². The van der Waals surface area contributed by atoms with E-state index in [1.165, 1.54) is 18.2 Å². The molecule has 0 aliphatic carbocycles. The van der Waals surface area contributed by atoms with Gasteiger partial charge in [0.15, 0.2) is 0 Å². The van der Waals surface area contributed by atoms with E-state index in [9.17, 15) is 9.90 Å². The van der Waals surface area contributed by atoms with E-state index < -0.39 is 5.91 Å². The van der Waals surface area contributed by atoms with Gasteiger partial charge in [0.05, 0.1) is 5.02 Å². The number of rotatable bonds is 3. The van der Waals surface area contributed by atoms with Gasteiger partial charge in [0.1, 0.15) is 11.6 Å². The average molecular weight is 281 g/mol. The van der Waals surface area contributed by atoms with Crippen molar-refractivity contribution in [1.82, 2.24) is 15.2 Å². The molecular formula is C12H13ClN4O2. The van der Waals surface area contributed by atoms with Crippen LogP contribution in [0.3, 0.4) is 0 Å². The predicted molar refractivity (Wildman–Crippen MR) is 71.5 cm³/mol. The molecule has 1 aromatic carbocycles. The summed E-state index contributed by atoms with van der Waals surface area (Å²) < 4.78 is 0. The van der Waals surface area contributed by atoms with Crippen molar-refractivity contribution in [2.75, 3.05) is 5.32 Å². The Labute approximate surface area is 114 Å². The van der Waals surface area contributed by atoms with E-state index in [1.807, 2.05) is 13.8 Å². The highest BCUT2D eigenvalue weighted by Gasteiger charge is 2.14. The van der Waals surface area contributed by atoms with Gasteiger partial charge in [-0.05, 0) is 18.2 Å². The highest BCUT2D eigenvalue weighted by Crippen LogP contribution is 2.26. The molecule has 2 rings (SSSR count). The molecule has 0 bridgehead atoms. The fourth-order valence-corrected chi connectivity index (χ4v) is 1.59. The molecular weight excluding hydrogens is 268 g/mol. The minimum atomic E-state index is -0.440. The highest BCUT2D eigenvalue weighted by atomic mass is 35.5. The zero-order valence-electron chi connectivity index (χ0n) is 10.4. The van der Waals surface area contributed by atoms with Gasteiger partial charge in [0.2, 0.25) is 5.82 Å². The van der Waals surface area contributed by atoms with Crippen LogP contribution in [0.25, 0.3) is 0 Å². The first-order valence-electron chi connectivity index (χ1n) is 5.69. The van der Waals surface area contributed by atoms with Crippen LogP contribution < -0.4 is 5.32 Å². The molecule has 1 amide bonds. The fraction of sp³-hybridized carbons (Fsp3) is 0.250. The number of hydrogen-bond acceptors (Lipinski definition) is 4. The number of aromatic nitrogens is 3. The summed E-state index contributed by atoms with van der Waals surface area (Å²) in [4.78, 5) is 16.0. The fourth-order valence-electron chi connectivity index (χ4n) is 1.41. The van der Waals surface area contributed by atoms with Gasteiger partial charge in [-0.3, -0.25) is 9.89 Å². The number of phenolic OH excluding ortho intramolecular Hbond substituents is 1. The van der Waals surface area contributed by atoms with Crippen molar-refractivity contribution < 1.29 is 9.90 Å². The van der Waals surface area contributed by atoms with Gasteiger partial charge in [-0.2, -0.15) is 0 Å². The number of hydrogen-bond donors (Lipinski definition) is 3. The molecule has 1 aromatic heterocycles. The number of benzene rings is 1. The third kappa shape index (κ3) is 3.03. The molecule has 6 nitrogen and oxygen atoms in total. The Morgan fingerprint density at radius 3 is 2.79 bits per heavy atom. The van der Waals surface area contributed by atoms with E-state index in [1.54, 1.807) is 0 Å². The lowest BCUT2D eigenvalue weighted by Crippen LogP contribution is -2.13. The van der Waals surface area contributed by atoms with Crippen molar-refractivity contribution in [3.05, 3.63) is 34.9 Å². The third-order valence-corrected chi connectivity index (χ3v) is 2.76. The Balaban J connectivity index is 2.13. The summed E-state index contributed by atoms with van der Waals surface area (Å²) in [6.07, 6.45) is 0. The topological polar surface area (TPSA) is 90.9 Å². The van der Waals surface area contributed by atoms with Crippen LogP contribution in [0.5, 0.6) is 5.75 Å². The number of carbonyl (C=O) groups excluding carboxylic acids is 1. The molecule has 0 atom stereocenters. The van der Waals surface area contributed by atoms with Crippen LogP contribution in [0.2, 0.25) is 5.02 Å². The van der Waals surface area contributed by atoms with E-state index >= 15 is 0 Å². The predicted octanol–water partition coefficient (Wildman–Crippen LogP) is 2.54. The number of amides is 1. The van der Waals surface area contributed by atoms with Gasteiger partial charge >= 0.3 is 0 Å². The Bertz CT molecular complexity index is 610. The molecule has 0 aliphatic heterocycles. The molecule has 0 spiro atoms. The van der Waals surface area contributed by atoms with Gasteiger partial charge in [-0.15, -0.1) is 5.10 Å². The quantitative estimate of drug-likeness (QED) is 0.754. The summed E-state index contributed by atoms with van der Waals surface area (Å²) in [5.74, 6) is 0.392. The van der Waals surface area contributed by atoms with Crippen molar-refractivity contribution in [2.45, 2.75) is 19.8 Å². The number of H-pyrrole nitrogens is 1. The molecule has 0 fully saturated rings. The van der Waals surface area contributed by atoms with Crippen molar-refractivity contribution in [2.24, 2.45) is 0 Å². The number of halogens is 1. The minimum Gasteiger partial charge on any atom is -0.506 e. The number of nitrogens with one attached hydrogen (secondary N) is 2. The molecule has 0 radical (unpaired) electrons. The Hall–Kier alpha value is -2.08. The SMILES string of the molecule is CC(C)c1nc(C(=O)Nc2ccc(O)c(Cl)c2)n[nH]1. The Kier molecular flexibility index (Phi) is 3.71. The smallest absolute Gasteiger partial charge is 0.295 e. The number of anilines is 1. The van der Waals surface area contributed by atoms with Crippen molar-refractivity contribution >= 4 is 23.2 Å². The second-order valence-electron chi connectivity index (χ2n) is 4.32. The van der Waals surface area contributed by atoms with Crippen LogP contribution in [0.4, 0.5) is 5.69 Å². The lowest BCUT2D eigenvalue weighted by Gasteiger charge is -2.03. The summed E-state index contributed by atoms with van der Waals surface area (Å²) in [5, 5.41) is 18.6. The van der Waals surface area contributed by atoms with Gasteiger partial charge in [0.25, 0.3) is 5.91 Å². The molecule has 0 saturated heterocycles. The van der Waals surface area contributed by atoms with Crippen molar-refractivity contribution in [3.8, 4) is 5.75 Å². The Morgan fingerprint density at radius 2 is 2.21 bits per heavy atom. The maximum absolute atomic E-state index is 11.9. The van der Waals surface area contributed by atoms with Crippen molar-refractivity contribution in [3.63, 3.8) is 0 Å². The second-order valence-corrected chi connectivity index (χ2v) is 4.73. The number of aromatic amines is 1. The first-order valence-corrected chi connectivity index (χ1v) is 6.07. The van der Waals surface area contributed by atoms with E-state index in [-0.39, 0.29) is 22.5 Å². The number of carbonyl (C=O) groups is 1. The molecule has 7 heteroatoms. The normalized spacial score (nSPS) is 10.7. The molecule has 100 valence electrons. The number of nitrogens with zero attached hydrogens (tertiary/aromatic N) is 2. The zero-order chi connectivity index (χ0) is 14.0. The first kappa shape index (κ1) is 13.4. The summed E-state index contributed by atoms with van der Waals surface area (Å²) >= 11 is 5.75. The second kappa shape index (κ2) is 5.27. The molecule has 0 saturated carbocycles. The van der Waals surface area contributed by atoms with Crippen LogP contribution in [0, 0.1) is 0 Å². The summed E-state index contributed by atoms with van der Waals surface area (Å²) in [6.45, 7) is 3.89. The highest BCUT2D eigenvalue weighted by molar-refractivity contribution is 6.32. The van der Waals surface area contributed by atoms with E-state index in [0.717, 1.165) is 0 Å².